The minimum absolute atomic E-state index is 0.583. The molecule has 2 N–H and O–H groups in total. The number of piperidine rings is 1. The van der Waals surface area contributed by atoms with E-state index in [0.717, 1.165) is 24.6 Å². The van der Waals surface area contributed by atoms with Crippen molar-refractivity contribution in [3.8, 4) is 0 Å². The predicted molar refractivity (Wildman–Crippen MR) is 60.9 cm³/mol. The molecule has 0 aliphatic carbocycles. The van der Waals surface area contributed by atoms with E-state index in [1.54, 1.807) is 12.4 Å². The van der Waals surface area contributed by atoms with Crippen LogP contribution in [0.25, 0.3) is 0 Å². The molecule has 2 rings (SSSR count). The number of rotatable bonds is 3. The molecule has 1 atom stereocenters. The van der Waals surface area contributed by atoms with Crippen LogP contribution in [0.15, 0.2) is 12.4 Å². The molecule has 1 aliphatic rings. The van der Waals surface area contributed by atoms with Gasteiger partial charge in [0.25, 0.3) is 0 Å². The molecule has 1 aromatic heterocycles. The zero-order valence-corrected chi connectivity index (χ0v) is 9.16. The fourth-order valence-electron chi connectivity index (χ4n) is 1.90. The second-order valence-corrected chi connectivity index (χ2v) is 4.02. The fraction of sp³-hybridized carbons (Fsp3) is 0.636. The van der Waals surface area contributed by atoms with Gasteiger partial charge >= 0.3 is 0 Å². The Kier molecular flexibility index (Phi) is 3.50. The molecule has 0 spiro atoms. The van der Waals surface area contributed by atoms with E-state index in [-0.39, 0.29) is 0 Å². The van der Waals surface area contributed by atoms with Crippen LogP contribution < -0.4 is 10.6 Å². The number of aromatic nitrogens is 2. The molecule has 1 aromatic rings. The van der Waals surface area contributed by atoms with Crippen molar-refractivity contribution in [1.82, 2.24) is 15.3 Å². The Hall–Kier alpha value is -1.16. The summed E-state index contributed by atoms with van der Waals surface area (Å²) in [5, 5.41) is 6.84. The maximum Gasteiger partial charge on any atom is 0.147 e. The highest BCUT2D eigenvalue weighted by atomic mass is 15.1. The van der Waals surface area contributed by atoms with Gasteiger partial charge in [-0.3, -0.25) is 4.98 Å². The number of anilines is 1. The van der Waals surface area contributed by atoms with Crippen molar-refractivity contribution in [1.29, 1.82) is 0 Å². The van der Waals surface area contributed by atoms with Gasteiger partial charge in [0.05, 0.1) is 5.69 Å². The summed E-state index contributed by atoms with van der Waals surface area (Å²) in [5.41, 5.74) is 0.966. The minimum atomic E-state index is 0.583. The van der Waals surface area contributed by atoms with E-state index in [2.05, 4.69) is 20.6 Å². The van der Waals surface area contributed by atoms with Crippen molar-refractivity contribution in [3.63, 3.8) is 0 Å². The highest BCUT2D eigenvalue weighted by Crippen LogP contribution is 2.10. The summed E-state index contributed by atoms with van der Waals surface area (Å²) in [4.78, 5) is 8.46. The zero-order chi connectivity index (χ0) is 10.5. The van der Waals surface area contributed by atoms with E-state index in [1.165, 1.54) is 19.3 Å². The van der Waals surface area contributed by atoms with Crippen molar-refractivity contribution in [2.24, 2.45) is 0 Å². The summed E-state index contributed by atoms with van der Waals surface area (Å²) in [7, 11) is 0. The van der Waals surface area contributed by atoms with Gasteiger partial charge < -0.3 is 10.6 Å². The molecule has 15 heavy (non-hydrogen) atoms. The second kappa shape index (κ2) is 5.07. The Labute approximate surface area is 90.5 Å². The third-order valence-electron chi connectivity index (χ3n) is 2.81. The molecule has 82 valence electrons. The molecule has 2 heterocycles. The molecule has 1 unspecified atom stereocenters. The number of aryl methyl sites for hydroxylation is 1. The van der Waals surface area contributed by atoms with Gasteiger partial charge in [0.2, 0.25) is 0 Å². The number of hydrogen-bond acceptors (Lipinski definition) is 4. The van der Waals surface area contributed by atoms with Crippen LogP contribution >= 0.6 is 0 Å². The predicted octanol–water partition coefficient (Wildman–Crippen LogP) is 1.34. The van der Waals surface area contributed by atoms with Crippen LogP contribution in [0.5, 0.6) is 0 Å². The van der Waals surface area contributed by atoms with E-state index < -0.39 is 0 Å². The number of hydrogen-bond donors (Lipinski definition) is 2. The van der Waals surface area contributed by atoms with Crippen LogP contribution in [-0.4, -0.2) is 29.1 Å². The van der Waals surface area contributed by atoms with Gasteiger partial charge in [0, 0.05) is 25.0 Å². The lowest BCUT2D eigenvalue weighted by atomic mass is 10.1. The Morgan fingerprint density at radius 3 is 3.00 bits per heavy atom. The van der Waals surface area contributed by atoms with Crippen molar-refractivity contribution in [2.45, 2.75) is 32.2 Å². The second-order valence-electron chi connectivity index (χ2n) is 4.02. The van der Waals surface area contributed by atoms with Gasteiger partial charge in [-0.05, 0) is 26.3 Å². The zero-order valence-electron chi connectivity index (χ0n) is 9.16. The monoisotopic (exact) mass is 206 g/mol. The van der Waals surface area contributed by atoms with Crippen LogP contribution in [0.4, 0.5) is 5.82 Å². The molecule has 1 saturated heterocycles. The van der Waals surface area contributed by atoms with Gasteiger partial charge in [-0.1, -0.05) is 6.42 Å². The molecule has 0 saturated carbocycles. The first-order valence-electron chi connectivity index (χ1n) is 5.61. The Bertz CT molecular complexity index is 307. The van der Waals surface area contributed by atoms with E-state index >= 15 is 0 Å². The van der Waals surface area contributed by atoms with Crippen molar-refractivity contribution in [3.05, 3.63) is 18.1 Å². The third kappa shape index (κ3) is 2.89. The molecular weight excluding hydrogens is 188 g/mol. The summed E-state index contributed by atoms with van der Waals surface area (Å²) in [5.74, 6) is 0.907. The molecular formula is C11H18N4. The van der Waals surface area contributed by atoms with Crippen molar-refractivity contribution in [2.75, 3.05) is 18.4 Å². The highest BCUT2D eigenvalue weighted by molar-refractivity contribution is 5.38. The molecule has 4 heteroatoms. The summed E-state index contributed by atoms with van der Waals surface area (Å²) in [6.45, 7) is 4.06. The summed E-state index contributed by atoms with van der Waals surface area (Å²) in [6, 6.07) is 0.583. The Balaban J connectivity index is 1.84. The van der Waals surface area contributed by atoms with E-state index in [1.807, 2.05) is 6.92 Å². The van der Waals surface area contributed by atoms with Gasteiger partial charge in [-0.2, -0.15) is 0 Å². The summed E-state index contributed by atoms with van der Waals surface area (Å²) < 4.78 is 0. The standard InChI is InChI=1S/C11H18N4/c1-9-11(14-7-6-12-9)15-8-10-4-2-3-5-13-10/h6-7,10,13H,2-5,8H2,1H3,(H,14,15). The van der Waals surface area contributed by atoms with E-state index in [0.29, 0.717) is 6.04 Å². The average molecular weight is 206 g/mol. The smallest absolute Gasteiger partial charge is 0.147 e. The first kappa shape index (κ1) is 10.4. The SMILES string of the molecule is Cc1nccnc1NCC1CCCCN1. The Morgan fingerprint density at radius 2 is 2.27 bits per heavy atom. The maximum absolute atomic E-state index is 4.26. The summed E-state index contributed by atoms with van der Waals surface area (Å²) >= 11 is 0. The molecule has 0 bridgehead atoms. The van der Waals surface area contributed by atoms with Crippen LogP contribution in [0, 0.1) is 6.92 Å². The van der Waals surface area contributed by atoms with Gasteiger partial charge in [0.1, 0.15) is 5.82 Å². The number of nitrogens with zero attached hydrogens (tertiary/aromatic N) is 2. The molecule has 1 aliphatic heterocycles. The average Bonchev–Trinajstić information content (AvgIpc) is 2.29. The molecule has 0 radical (unpaired) electrons. The van der Waals surface area contributed by atoms with Gasteiger partial charge in [-0.25, -0.2) is 4.98 Å². The van der Waals surface area contributed by atoms with Crippen LogP contribution in [0.2, 0.25) is 0 Å². The quantitative estimate of drug-likeness (QED) is 0.783. The van der Waals surface area contributed by atoms with E-state index in [4.69, 9.17) is 0 Å². The van der Waals surface area contributed by atoms with Crippen LogP contribution in [0.3, 0.4) is 0 Å². The normalized spacial score (nSPS) is 21.3. The molecule has 0 amide bonds. The van der Waals surface area contributed by atoms with E-state index in [9.17, 15) is 0 Å². The first-order valence-corrected chi connectivity index (χ1v) is 5.61. The highest BCUT2D eigenvalue weighted by Gasteiger charge is 2.12. The number of nitrogens with one attached hydrogen (secondary N) is 2. The van der Waals surface area contributed by atoms with Crippen molar-refractivity contribution < 1.29 is 0 Å². The largest absolute Gasteiger partial charge is 0.367 e. The van der Waals surface area contributed by atoms with Gasteiger partial charge in [0.15, 0.2) is 0 Å². The Morgan fingerprint density at radius 1 is 1.40 bits per heavy atom. The van der Waals surface area contributed by atoms with Crippen LogP contribution in [-0.2, 0) is 0 Å². The lowest BCUT2D eigenvalue weighted by Gasteiger charge is -2.23. The third-order valence-corrected chi connectivity index (χ3v) is 2.81. The minimum Gasteiger partial charge on any atom is -0.367 e. The fourth-order valence-corrected chi connectivity index (χ4v) is 1.90. The van der Waals surface area contributed by atoms with Crippen molar-refractivity contribution >= 4 is 5.82 Å². The lowest BCUT2D eigenvalue weighted by molar-refractivity contribution is 0.414. The summed E-state index contributed by atoms with van der Waals surface area (Å²) in [6.07, 6.45) is 7.34. The molecule has 4 nitrogen and oxygen atoms in total. The maximum atomic E-state index is 4.26. The topological polar surface area (TPSA) is 49.8 Å². The molecule has 0 aromatic carbocycles. The first-order chi connectivity index (χ1) is 7.36. The van der Waals surface area contributed by atoms with Crippen LogP contribution in [0.1, 0.15) is 25.0 Å². The lowest BCUT2D eigenvalue weighted by Crippen LogP contribution is -2.39. The molecule has 1 fully saturated rings. The van der Waals surface area contributed by atoms with Gasteiger partial charge in [-0.15, -0.1) is 0 Å².